The van der Waals surface area contributed by atoms with E-state index in [1.165, 1.54) is 6.42 Å². The number of alkyl halides is 1. The molecule has 2 aliphatic heterocycles. The average molecular weight is 542 g/mol. The number of piperidine rings is 1. The van der Waals surface area contributed by atoms with E-state index in [-0.39, 0.29) is 41.4 Å². The Bertz CT molecular complexity index is 1190. The number of hydrogen-bond acceptors (Lipinski definition) is 5. The molecule has 1 aromatic carbocycles. The number of amides is 2. The molecule has 3 atom stereocenters. The quantitative estimate of drug-likeness (QED) is 0.403. The second-order valence-corrected chi connectivity index (χ2v) is 11.5. The van der Waals surface area contributed by atoms with Crippen LogP contribution in [0.15, 0.2) is 24.3 Å². The number of likely N-dealkylation sites (tertiary alicyclic amines) is 2. The van der Waals surface area contributed by atoms with E-state index >= 15 is 0 Å². The van der Waals surface area contributed by atoms with Crippen molar-refractivity contribution in [2.24, 2.45) is 17.6 Å². The number of aromatic nitrogens is 1. The predicted octanol–water partition coefficient (Wildman–Crippen LogP) is 3.75. The molecule has 3 aliphatic rings. The first-order chi connectivity index (χ1) is 18.9. The molecule has 39 heavy (non-hydrogen) atoms. The molecule has 0 radical (unpaired) electrons. The summed E-state index contributed by atoms with van der Waals surface area (Å²) in [6, 6.07) is 6.03. The molecular formula is C29H40FN5O4. The molecule has 1 aromatic heterocycles. The molecule has 212 valence electrons. The van der Waals surface area contributed by atoms with Gasteiger partial charge < -0.3 is 26.0 Å². The summed E-state index contributed by atoms with van der Waals surface area (Å²) < 4.78 is 12.8. The Balaban J connectivity index is 1.32. The van der Waals surface area contributed by atoms with Gasteiger partial charge in [-0.05, 0) is 94.6 Å². The van der Waals surface area contributed by atoms with Crippen molar-refractivity contribution in [2.75, 3.05) is 31.6 Å². The highest BCUT2D eigenvalue weighted by Gasteiger charge is 2.46. The van der Waals surface area contributed by atoms with Crippen molar-refractivity contribution in [3.05, 3.63) is 30.0 Å². The normalized spacial score (nSPS) is 27.0. The molecule has 2 aromatic rings. The van der Waals surface area contributed by atoms with Crippen LogP contribution in [-0.2, 0) is 9.59 Å². The Kier molecular flexibility index (Phi) is 8.52. The van der Waals surface area contributed by atoms with Crippen molar-refractivity contribution in [1.82, 2.24) is 14.8 Å². The van der Waals surface area contributed by atoms with Crippen LogP contribution in [-0.4, -0.2) is 82.1 Å². The topological polar surface area (TPSA) is 132 Å². The van der Waals surface area contributed by atoms with E-state index < -0.39 is 18.7 Å². The van der Waals surface area contributed by atoms with Gasteiger partial charge in [-0.1, -0.05) is 6.42 Å². The number of carboxylic acid groups (broad SMARTS) is 1. The van der Waals surface area contributed by atoms with Gasteiger partial charge in [0, 0.05) is 41.1 Å². The summed E-state index contributed by atoms with van der Waals surface area (Å²) in [6.45, 7) is 2.00. The number of nitrogens with two attached hydrogens (primary N) is 1. The second kappa shape index (κ2) is 12.0. The molecule has 10 heteroatoms. The maximum absolute atomic E-state index is 13.8. The van der Waals surface area contributed by atoms with Crippen molar-refractivity contribution < 1.29 is 23.9 Å². The molecule has 0 bridgehead atoms. The molecule has 9 nitrogen and oxygen atoms in total. The highest BCUT2D eigenvalue weighted by molar-refractivity contribution is 6.01. The summed E-state index contributed by atoms with van der Waals surface area (Å²) in [7, 11) is 0. The maximum Gasteiger partial charge on any atom is 0.352 e. The average Bonchev–Trinajstić information content (AvgIpc) is 3.58. The lowest BCUT2D eigenvalue weighted by Crippen LogP contribution is -2.55. The van der Waals surface area contributed by atoms with Crippen LogP contribution in [0.2, 0.25) is 0 Å². The number of halogens is 1. The van der Waals surface area contributed by atoms with Gasteiger partial charge in [0.1, 0.15) is 11.7 Å². The molecule has 5 rings (SSSR count). The number of benzene rings is 1. The first kappa shape index (κ1) is 27.6. The highest BCUT2D eigenvalue weighted by atomic mass is 19.1. The fraction of sp³-hybridized carbons (Fsp3) is 0.621. The predicted molar refractivity (Wildman–Crippen MR) is 147 cm³/mol. The van der Waals surface area contributed by atoms with Crippen LogP contribution in [0.5, 0.6) is 0 Å². The lowest BCUT2D eigenvalue weighted by molar-refractivity contribution is -0.142. The maximum atomic E-state index is 13.8. The van der Waals surface area contributed by atoms with Crippen LogP contribution < -0.4 is 11.1 Å². The molecule has 3 heterocycles. The zero-order valence-corrected chi connectivity index (χ0v) is 22.4. The monoisotopic (exact) mass is 541 g/mol. The summed E-state index contributed by atoms with van der Waals surface area (Å²) in [5.41, 5.74) is 7.50. The number of fused-ring (bicyclic) bond motifs is 1. The Morgan fingerprint density at radius 2 is 1.79 bits per heavy atom. The van der Waals surface area contributed by atoms with E-state index in [2.05, 4.69) is 15.2 Å². The standard InChI is InChI=1S/C29H40FN5O4/c30-12-10-22(31)18-4-6-19(7-5-18)28(37)35-15-11-25(34-13-2-1-3-14-34)26(35)27(36)32-21-8-9-23-20(16-21)17-24(33-23)29(38)39/h8-9,16-19,22,25-26,33H,1-7,10-15,31H2,(H,32,36)(H,38,39)/t18?,19?,22-,25-,26+/m1/s1. The minimum Gasteiger partial charge on any atom is -0.477 e. The Morgan fingerprint density at radius 3 is 2.49 bits per heavy atom. The number of aromatic carboxylic acids is 1. The van der Waals surface area contributed by atoms with Gasteiger partial charge in [-0.3, -0.25) is 18.9 Å². The zero-order valence-electron chi connectivity index (χ0n) is 22.4. The number of carbonyl (C=O) groups excluding carboxylic acids is 2. The minimum absolute atomic E-state index is 0.0295. The third kappa shape index (κ3) is 5.96. The lowest BCUT2D eigenvalue weighted by Gasteiger charge is -2.38. The van der Waals surface area contributed by atoms with Crippen molar-refractivity contribution >= 4 is 34.4 Å². The fourth-order valence-electron chi connectivity index (χ4n) is 6.90. The Labute approximate surface area is 228 Å². The second-order valence-electron chi connectivity index (χ2n) is 11.5. The Morgan fingerprint density at radius 1 is 1.05 bits per heavy atom. The first-order valence-corrected chi connectivity index (χ1v) is 14.4. The molecular weight excluding hydrogens is 501 g/mol. The first-order valence-electron chi connectivity index (χ1n) is 14.4. The van der Waals surface area contributed by atoms with Gasteiger partial charge in [0.05, 0.1) is 6.67 Å². The van der Waals surface area contributed by atoms with E-state index in [1.54, 1.807) is 29.2 Å². The van der Waals surface area contributed by atoms with E-state index in [0.717, 1.165) is 58.0 Å². The SMILES string of the molecule is N[C@H](CCF)C1CCC(C(=O)N2CC[C@@H](N3CCCCC3)[C@H]2C(=O)Nc2ccc3[nH]c(C(=O)O)cc3c2)CC1. The van der Waals surface area contributed by atoms with E-state index in [9.17, 15) is 23.9 Å². The van der Waals surface area contributed by atoms with Crippen LogP contribution in [0.3, 0.4) is 0 Å². The number of rotatable bonds is 8. The number of aromatic amines is 1. The summed E-state index contributed by atoms with van der Waals surface area (Å²) in [5.74, 6) is -1.10. The number of anilines is 1. The summed E-state index contributed by atoms with van der Waals surface area (Å²) in [5, 5.41) is 13.0. The van der Waals surface area contributed by atoms with Crippen molar-refractivity contribution in [3.63, 3.8) is 0 Å². The van der Waals surface area contributed by atoms with Gasteiger partial charge in [-0.25, -0.2) is 4.79 Å². The smallest absolute Gasteiger partial charge is 0.352 e. The number of hydrogen-bond donors (Lipinski definition) is 4. The largest absolute Gasteiger partial charge is 0.477 e. The molecule has 1 aliphatic carbocycles. The third-order valence-electron chi connectivity index (χ3n) is 9.07. The minimum atomic E-state index is -1.04. The number of carboxylic acids is 1. The summed E-state index contributed by atoms with van der Waals surface area (Å²) in [4.78, 5) is 46.0. The summed E-state index contributed by atoms with van der Waals surface area (Å²) in [6.07, 6.45) is 7.57. The van der Waals surface area contributed by atoms with Crippen LogP contribution in [0.4, 0.5) is 10.1 Å². The molecule has 0 unspecified atom stereocenters. The van der Waals surface area contributed by atoms with Gasteiger partial charge in [0.25, 0.3) is 0 Å². The lowest BCUT2D eigenvalue weighted by atomic mass is 9.77. The van der Waals surface area contributed by atoms with Gasteiger partial charge in [-0.15, -0.1) is 0 Å². The third-order valence-corrected chi connectivity index (χ3v) is 9.07. The van der Waals surface area contributed by atoms with Gasteiger partial charge >= 0.3 is 5.97 Å². The van der Waals surface area contributed by atoms with E-state index in [0.29, 0.717) is 29.6 Å². The fourth-order valence-corrected chi connectivity index (χ4v) is 6.90. The highest BCUT2D eigenvalue weighted by Crippen LogP contribution is 2.35. The molecule has 3 fully saturated rings. The van der Waals surface area contributed by atoms with Gasteiger partial charge in [0.15, 0.2) is 0 Å². The molecule has 1 saturated carbocycles. The number of carbonyl (C=O) groups is 3. The van der Waals surface area contributed by atoms with Crippen LogP contribution in [0, 0.1) is 11.8 Å². The van der Waals surface area contributed by atoms with Crippen LogP contribution in [0.25, 0.3) is 10.9 Å². The van der Waals surface area contributed by atoms with Crippen molar-refractivity contribution in [3.8, 4) is 0 Å². The van der Waals surface area contributed by atoms with E-state index in [1.807, 2.05) is 0 Å². The van der Waals surface area contributed by atoms with Gasteiger partial charge in [-0.2, -0.15) is 0 Å². The number of nitrogens with one attached hydrogen (secondary N) is 2. The van der Waals surface area contributed by atoms with Crippen LogP contribution >= 0.6 is 0 Å². The number of nitrogens with zero attached hydrogens (tertiary/aromatic N) is 2. The molecule has 5 N–H and O–H groups in total. The zero-order chi connectivity index (χ0) is 27.5. The molecule has 2 amide bonds. The summed E-state index contributed by atoms with van der Waals surface area (Å²) >= 11 is 0. The van der Waals surface area contributed by atoms with Crippen molar-refractivity contribution in [1.29, 1.82) is 0 Å². The Hall–Kier alpha value is -2.98. The van der Waals surface area contributed by atoms with Gasteiger partial charge in [0.2, 0.25) is 11.8 Å². The molecule has 0 spiro atoms. The van der Waals surface area contributed by atoms with E-state index in [4.69, 9.17) is 5.73 Å². The van der Waals surface area contributed by atoms with Crippen molar-refractivity contribution in [2.45, 2.75) is 75.9 Å². The molecule has 2 saturated heterocycles. The number of H-pyrrole nitrogens is 1. The van der Waals surface area contributed by atoms with Crippen LogP contribution in [0.1, 0.15) is 68.3 Å².